The number of furan rings is 1. The molecular weight excluding hydrogens is 424 g/mol. The van der Waals surface area contributed by atoms with Crippen molar-refractivity contribution in [3.63, 3.8) is 0 Å². The van der Waals surface area contributed by atoms with Crippen LogP contribution in [0.2, 0.25) is 0 Å². The Balaban J connectivity index is 1.60. The number of anilines is 1. The highest BCUT2D eigenvalue weighted by Gasteiger charge is 2.23. The minimum absolute atomic E-state index is 0.106. The van der Waals surface area contributed by atoms with Crippen LogP contribution in [0.4, 0.5) is 5.69 Å². The largest absolute Gasteiger partial charge is 0.496 e. The Labute approximate surface area is 190 Å². The molecule has 0 saturated heterocycles. The molecule has 1 amide bonds. The van der Waals surface area contributed by atoms with E-state index in [2.05, 4.69) is 15.5 Å². The first-order valence-electron chi connectivity index (χ1n) is 10.2. The van der Waals surface area contributed by atoms with E-state index in [9.17, 15) is 4.79 Å². The summed E-state index contributed by atoms with van der Waals surface area (Å²) in [7, 11) is 1.62. The molecule has 0 bridgehead atoms. The summed E-state index contributed by atoms with van der Waals surface area (Å²) in [6.07, 6.45) is 1.63. The summed E-state index contributed by atoms with van der Waals surface area (Å²) in [4.78, 5) is 12.8. The first kappa shape index (κ1) is 21.7. The summed E-state index contributed by atoms with van der Waals surface area (Å²) in [6, 6.07) is 19.1. The number of para-hydroxylation sites is 1. The number of amides is 1. The van der Waals surface area contributed by atoms with E-state index in [-0.39, 0.29) is 11.2 Å². The molecule has 2 aromatic heterocycles. The Morgan fingerprint density at radius 3 is 2.62 bits per heavy atom. The number of aryl methyl sites for hydroxylation is 1. The fourth-order valence-electron chi connectivity index (χ4n) is 3.20. The van der Waals surface area contributed by atoms with Gasteiger partial charge in [-0.2, -0.15) is 0 Å². The second-order valence-corrected chi connectivity index (χ2v) is 8.60. The number of carbonyl (C=O) groups excluding carboxylic acids is 1. The van der Waals surface area contributed by atoms with E-state index in [1.54, 1.807) is 13.4 Å². The van der Waals surface area contributed by atoms with Gasteiger partial charge in [0.05, 0.1) is 30.7 Å². The number of carbonyl (C=O) groups is 1. The molecule has 0 aliphatic heterocycles. The minimum atomic E-state index is -0.388. The van der Waals surface area contributed by atoms with Crippen molar-refractivity contribution in [2.24, 2.45) is 0 Å². The number of hydrogen-bond donors (Lipinski definition) is 1. The zero-order valence-electron chi connectivity index (χ0n) is 18.1. The molecular formula is C24H24N4O3S. The molecule has 4 rings (SSSR count). The number of nitrogens with one attached hydrogen (secondary N) is 1. The quantitative estimate of drug-likeness (QED) is 0.381. The van der Waals surface area contributed by atoms with Gasteiger partial charge in [-0.05, 0) is 50.2 Å². The second kappa shape index (κ2) is 9.74. The molecule has 0 fully saturated rings. The SMILES string of the molecule is COc1ccccc1-c1nnc(SC(C)C(=O)Nc2ccc(C)cc2)n1Cc1ccco1. The normalized spacial score (nSPS) is 11.8. The molecule has 0 saturated carbocycles. The van der Waals surface area contributed by atoms with Gasteiger partial charge in [-0.15, -0.1) is 10.2 Å². The van der Waals surface area contributed by atoms with E-state index in [4.69, 9.17) is 9.15 Å². The van der Waals surface area contributed by atoms with Gasteiger partial charge in [0.2, 0.25) is 5.91 Å². The van der Waals surface area contributed by atoms with E-state index >= 15 is 0 Å². The maximum Gasteiger partial charge on any atom is 0.237 e. The highest BCUT2D eigenvalue weighted by Crippen LogP contribution is 2.33. The molecule has 7 nitrogen and oxygen atoms in total. The van der Waals surface area contributed by atoms with Crippen LogP contribution in [0.25, 0.3) is 11.4 Å². The number of rotatable bonds is 8. The number of methoxy groups -OCH3 is 1. The molecule has 1 atom stereocenters. The zero-order valence-corrected chi connectivity index (χ0v) is 18.9. The predicted octanol–water partition coefficient (Wildman–Crippen LogP) is 5.02. The zero-order chi connectivity index (χ0) is 22.5. The van der Waals surface area contributed by atoms with Gasteiger partial charge >= 0.3 is 0 Å². The lowest BCUT2D eigenvalue weighted by Gasteiger charge is -2.14. The minimum Gasteiger partial charge on any atom is -0.496 e. The lowest BCUT2D eigenvalue weighted by atomic mass is 10.2. The first-order valence-corrected chi connectivity index (χ1v) is 11.1. The Bertz CT molecular complexity index is 1190. The standard InChI is InChI=1S/C24H24N4O3S/c1-16-10-12-18(13-11-16)25-23(29)17(2)32-24-27-26-22(20-8-4-5-9-21(20)30-3)28(24)15-19-7-6-14-31-19/h4-14,17H,15H2,1-3H3,(H,25,29). The lowest BCUT2D eigenvalue weighted by molar-refractivity contribution is -0.115. The Hall–Kier alpha value is -3.52. The van der Waals surface area contributed by atoms with Crippen molar-refractivity contribution in [3.8, 4) is 17.1 Å². The van der Waals surface area contributed by atoms with E-state index in [0.29, 0.717) is 23.3 Å². The molecule has 164 valence electrons. The smallest absolute Gasteiger partial charge is 0.237 e. The molecule has 0 aliphatic rings. The highest BCUT2D eigenvalue weighted by molar-refractivity contribution is 8.00. The summed E-state index contributed by atoms with van der Waals surface area (Å²) in [6.45, 7) is 4.29. The fourth-order valence-corrected chi connectivity index (χ4v) is 4.05. The summed E-state index contributed by atoms with van der Waals surface area (Å²) in [5.74, 6) is 2.00. The highest BCUT2D eigenvalue weighted by atomic mass is 32.2. The third-order valence-electron chi connectivity index (χ3n) is 4.93. The Morgan fingerprint density at radius 1 is 1.12 bits per heavy atom. The summed E-state index contributed by atoms with van der Waals surface area (Å²) in [5, 5.41) is 12.0. The third-order valence-corrected chi connectivity index (χ3v) is 6.01. The van der Waals surface area contributed by atoms with Gasteiger partial charge in [0.25, 0.3) is 0 Å². The van der Waals surface area contributed by atoms with Crippen LogP contribution in [0.5, 0.6) is 5.75 Å². The first-order chi connectivity index (χ1) is 15.5. The van der Waals surface area contributed by atoms with Crippen LogP contribution in [0.3, 0.4) is 0 Å². The van der Waals surface area contributed by atoms with Gasteiger partial charge in [0, 0.05) is 5.69 Å². The summed E-state index contributed by atoms with van der Waals surface area (Å²) >= 11 is 1.35. The molecule has 4 aromatic rings. The van der Waals surface area contributed by atoms with Crippen LogP contribution in [-0.2, 0) is 11.3 Å². The van der Waals surface area contributed by atoms with E-state index in [1.807, 2.05) is 79.1 Å². The van der Waals surface area contributed by atoms with Crippen LogP contribution in [0, 0.1) is 6.92 Å². The Morgan fingerprint density at radius 2 is 1.91 bits per heavy atom. The molecule has 2 aromatic carbocycles. The van der Waals surface area contributed by atoms with Crippen molar-refractivity contribution >= 4 is 23.4 Å². The van der Waals surface area contributed by atoms with Crippen molar-refractivity contribution in [2.75, 3.05) is 12.4 Å². The van der Waals surface area contributed by atoms with Gasteiger partial charge in [0.1, 0.15) is 11.5 Å². The van der Waals surface area contributed by atoms with E-state index in [1.165, 1.54) is 11.8 Å². The molecule has 32 heavy (non-hydrogen) atoms. The topological polar surface area (TPSA) is 82.2 Å². The van der Waals surface area contributed by atoms with Gasteiger partial charge in [0.15, 0.2) is 11.0 Å². The average Bonchev–Trinajstić information content (AvgIpc) is 3.46. The van der Waals surface area contributed by atoms with Crippen LogP contribution < -0.4 is 10.1 Å². The van der Waals surface area contributed by atoms with Crippen molar-refractivity contribution in [2.45, 2.75) is 30.8 Å². The number of aromatic nitrogens is 3. The average molecular weight is 449 g/mol. The predicted molar refractivity (Wildman–Crippen MR) is 125 cm³/mol. The van der Waals surface area contributed by atoms with Crippen LogP contribution in [0.1, 0.15) is 18.2 Å². The lowest BCUT2D eigenvalue weighted by Crippen LogP contribution is -2.23. The van der Waals surface area contributed by atoms with Gasteiger partial charge < -0.3 is 14.5 Å². The maximum absolute atomic E-state index is 12.8. The molecule has 0 spiro atoms. The molecule has 1 N–H and O–H groups in total. The number of nitrogens with zero attached hydrogens (tertiary/aromatic N) is 3. The summed E-state index contributed by atoms with van der Waals surface area (Å²) in [5.41, 5.74) is 2.72. The van der Waals surface area contributed by atoms with Gasteiger partial charge in [-0.25, -0.2) is 0 Å². The number of ether oxygens (including phenoxy) is 1. The molecule has 8 heteroatoms. The fraction of sp³-hybridized carbons (Fsp3) is 0.208. The van der Waals surface area contributed by atoms with Crippen LogP contribution in [0.15, 0.2) is 76.5 Å². The van der Waals surface area contributed by atoms with Crippen molar-refractivity contribution in [1.82, 2.24) is 14.8 Å². The van der Waals surface area contributed by atoms with Crippen LogP contribution >= 0.6 is 11.8 Å². The summed E-state index contributed by atoms with van der Waals surface area (Å²) < 4.78 is 13.0. The second-order valence-electron chi connectivity index (χ2n) is 7.29. The van der Waals surface area contributed by atoms with Crippen molar-refractivity contribution in [3.05, 3.63) is 78.3 Å². The molecule has 2 heterocycles. The molecule has 0 aliphatic carbocycles. The van der Waals surface area contributed by atoms with Crippen LogP contribution in [-0.4, -0.2) is 33.0 Å². The number of hydrogen-bond acceptors (Lipinski definition) is 6. The van der Waals surface area contributed by atoms with Crippen molar-refractivity contribution in [1.29, 1.82) is 0 Å². The number of thioether (sulfide) groups is 1. The molecule has 1 unspecified atom stereocenters. The Kier molecular flexibility index (Phi) is 6.61. The maximum atomic E-state index is 12.8. The monoisotopic (exact) mass is 448 g/mol. The van der Waals surface area contributed by atoms with Crippen molar-refractivity contribution < 1.29 is 13.9 Å². The third kappa shape index (κ3) is 4.86. The van der Waals surface area contributed by atoms with E-state index < -0.39 is 0 Å². The number of benzene rings is 2. The van der Waals surface area contributed by atoms with Gasteiger partial charge in [-0.3, -0.25) is 9.36 Å². The molecule has 0 radical (unpaired) electrons. The van der Waals surface area contributed by atoms with Gasteiger partial charge in [-0.1, -0.05) is 41.6 Å². The van der Waals surface area contributed by atoms with E-state index in [0.717, 1.165) is 22.6 Å².